The van der Waals surface area contributed by atoms with Crippen molar-refractivity contribution in [3.8, 4) is 0 Å². The molecule has 118 valence electrons. The highest BCUT2D eigenvalue weighted by molar-refractivity contribution is 5.57. The number of nitrogens with one attached hydrogen (secondary N) is 1. The molecule has 1 aromatic rings. The van der Waals surface area contributed by atoms with Gasteiger partial charge >= 0.3 is 0 Å². The van der Waals surface area contributed by atoms with E-state index in [-0.39, 0.29) is 28.9 Å². The second-order valence-electron chi connectivity index (χ2n) is 5.59. The Morgan fingerprint density at radius 1 is 1.33 bits per heavy atom. The molecule has 0 aliphatic rings. The molecule has 1 aromatic carbocycles. The van der Waals surface area contributed by atoms with Gasteiger partial charge in [0.1, 0.15) is 0 Å². The van der Waals surface area contributed by atoms with Crippen molar-refractivity contribution in [3.63, 3.8) is 0 Å². The van der Waals surface area contributed by atoms with Gasteiger partial charge in [0.15, 0.2) is 0 Å². The molecule has 0 radical (unpaired) electrons. The summed E-state index contributed by atoms with van der Waals surface area (Å²) in [4.78, 5) is 12.0. The Bertz CT molecular complexity index is 493. The molecule has 0 saturated carbocycles. The lowest BCUT2D eigenvalue weighted by atomic mass is 10.0. The SMILES string of the molecule is CC(C)C(CN(C)C)Nc1ccc([N+](=O)[O-])cc1C(F)F. The number of nitrogens with zero attached hydrogens (tertiary/aromatic N) is 2. The molecule has 0 aliphatic carbocycles. The number of hydrogen-bond acceptors (Lipinski definition) is 4. The van der Waals surface area contributed by atoms with Gasteiger partial charge in [-0.3, -0.25) is 10.1 Å². The van der Waals surface area contributed by atoms with Gasteiger partial charge in [-0.25, -0.2) is 8.78 Å². The maximum Gasteiger partial charge on any atom is 0.270 e. The van der Waals surface area contributed by atoms with Crippen LogP contribution >= 0.6 is 0 Å². The first-order chi connectivity index (χ1) is 9.72. The maximum atomic E-state index is 13.1. The molecule has 7 heteroatoms. The molecule has 0 bridgehead atoms. The molecule has 0 aromatic heterocycles. The highest BCUT2D eigenvalue weighted by atomic mass is 19.3. The fourth-order valence-electron chi connectivity index (χ4n) is 1.99. The van der Waals surface area contributed by atoms with E-state index in [1.807, 2.05) is 32.8 Å². The summed E-state index contributed by atoms with van der Waals surface area (Å²) in [6.45, 7) is 4.67. The van der Waals surface area contributed by atoms with Crippen molar-refractivity contribution in [1.29, 1.82) is 0 Å². The molecule has 5 nitrogen and oxygen atoms in total. The van der Waals surface area contributed by atoms with Crippen molar-refractivity contribution in [2.45, 2.75) is 26.3 Å². The van der Waals surface area contributed by atoms with Gasteiger partial charge in [-0.05, 0) is 26.1 Å². The molecule has 1 N–H and O–H groups in total. The molecule has 1 rings (SSSR count). The first-order valence-corrected chi connectivity index (χ1v) is 6.70. The number of likely N-dealkylation sites (N-methyl/N-ethyl adjacent to an activating group) is 1. The predicted octanol–water partition coefficient (Wildman–Crippen LogP) is 3.53. The molecule has 1 atom stereocenters. The summed E-state index contributed by atoms with van der Waals surface area (Å²) in [7, 11) is 3.81. The van der Waals surface area contributed by atoms with Crippen LogP contribution in [0.15, 0.2) is 18.2 Å². The van der Waals surface area contributed by atoms with Gasteiger partial charge in [0.25, 0.3) is 12.1 Å². The Hall–Kier alpha value is -1.76. The Labute approximate surface area is 123 Å². The molecule has 0 fully saturated rings. The van der Waals surface area contributed by atoms with Crippen LogP contribution in [0.5, 0.6) is 0 Å². The van der Waals surface area contributed by atoms with Crippen LogP contribution in [-0.4, -0.2) is 36.5 Å². The Balaban J connectivity index is 3.08. The number of non-ortho nitro benzene ring substituents is 1. The zero-order valence-electron chi connectivity index (χ0n) is 12.6. The highest BCUT2D eigenvalue weighted by Gasteiger charge is 2.21. The second-order valence-corrected chi connectivity index (χ2v) is 5.59. The van der Waals surface area contributed by atoms with E-state index < -0.39 is 11.3 Å². The smallest absolute Gasteiger partial charge is 0.270 e. The van der Waals surface area contributed by atoms with E-state index in [1.165, 1.54) is 12.1 Å². The van der Waals surface area contributed by atoms with E-state index in [1.54, 1.807) is 0 Å². The number of hydrogen-bond donors (Lipinski definition) is 1. The van der Waals surface area contributed by atoms with Crippen LogP contribution < -0.4 is 5.32 Å². The van der Waals surface area contributed by atoms with Crippen LogP contribution in [-0.2, 0) is 0 Å². The van der Waals surface area contributed by atoms with E-state index >= 15 is 0 Å². The van der Waals surface area contributed by atoms with Gasteiger partial charge in [-0.1, -0.05) is 13.8 Å². The molecule has 0 aliphatic heterocycles. The number of nitro groups is 1. The van der Waals surface area contributed by atoms with Crippen molar-refractivity contribution in [1.82, 2.24) is 4.90 Å². The minimum absolute atomic E-state index is 0.0287. The number of alkyl halides is 2. The van der Waals surface area contributed by atoms with E-state index in [9.17, 15) is 18.9 Å². The summed E-state index contributed by atoms with van der Waals surface area (Å²) in [6, 6.07) is 3.49. The fourth-order valence-corrected chi connectivity index (χ4v) is 1.99. The van der Waals surface area contributed by atoms with Crippen LogP contribution in [0.2, 0.25) is 0 Å². The first-order valence-electron chi connectivity index (χ1n) is 6.70. The zero-order valence-corrected chi connectivity index (χ0v) is 12.6. The van der Waals surface area contributed by atoms with E-state index in [2.05, 4.69) is 5.32 Å². The molecule has 1 unspecified atom stereocenters. The van der Waals surface area contributed by atoms with Crippen LogP contribution in [0.3, 0.4) is 0 Å². The first kappa shape index (κ1) is 17.3. The predicted molar refractivity (Wildman–Crippen MR) is 78.9 cm³/mol. The maximum absolute atomic E-state index is 13.1. The molecular weight excluding hydrogens is 280 g/mol. The largest absolute Gasteiger partial charge is 0.380 e. The minimum atomic E-state index is -2.76. The third-order valence-corrected chi connectivity index (χ3v) is 3.19. The van der Waals surface area contributed by atoms with E-state index in [0.29, 0.717) is 6.54 Å². The summed E-state index contributed by atoms with van der Waals surface area (Å²) in [5.41, 5.74) is -0.422. The summed E-state index contributed by atoms with van der Waals surface area (Å²) in [5, 5.41) is 13.8. The van der Waals surface area contributed by atoms with Crippen molar-refractivity contribution in [2.75, 3.05) is 26.0 Å². The normalized spacial score (nSPS) is 13.0. The number of rotatable bonds is 7. The molecule has 21 heavy (non-hydrogen) atoms. The lowest BCUT2D eigenvalue weighted by Crippen LogP contribution is -2.36. The minimum Gasteiger partial charge on any atom is -0.380 e. The van der Waals surface area contributed by atoms with Gasteiger partial charge in [0.05, 0.1) is 4.92 Å². The summed E-state index contributed by atoms with van der Waals surface area (Å²) in [5.74, 6) is 0.230. The average molecular weight is 301 g/mol. The van der Waals surface area contributed by atoms with Gasteiger partial charge < -0.3 is 10.2 Å². The van der Waals surface area contributed by atoms with E-state index in [4.69, 9.17) is 0 Å². The number of benzene rings is 1. The van der Waals surface area contributed by atoms with E-state index in [0.717, 1.165) is 6.07 Å². The molecular formula is C14H21F2N3O2. The Kier molecular flexibility index (Phi) is 6.02. The average Bonchev–Trinajstić information content (AvgIpc) is 2.37. The monoisotopic (exact) mass is 301 g/mol. The van der Waals surface area contributed by atoms with Gasteiger partial charge in [0, 0.05) is 36.0 Å². The van der Waals surface area contributed by atoms with Crippen molar-refractivity contribution in [2.24, 2.45) is 5.92 Å². The molecule has 0 saturated heterocycles. The molecule has 0 spiro atoms. The van der Waals surface area contributed by atoms with Crippen LogP contribution in [0.25, 0.3) is 0 Å². The number of anilines is 1. The summed E-state index contributed by atoms with van der Waals surface area (Å²) < 4.78 is 26.2. The lowest BCUT2D eigenvalue weighted by molar-refractivity contribution is -0.385. The highest BCUT2D eigenvalue weighted by Crippen LogP contribution is 2.31. The Morgan fingerprint density at radius 2 is 1.95 bits per heavy atom. The second kappa shape index (κ2) is 7.31. The Morgan fingerprint density at radius 3 is 2.38 bits per heavy atom. The fraction of sp³-hybridized carbons (Fsp3) is 0.571. The van der Waals surface area contributed by atoms with Gasteiger partial charge in [-0.15, -0.1) is 0 Å². The van der Waals surface area contributed by atoms with Crippen molar-refractivity contribution in [3.05, 3.63) is 33.9 Å². The standard InChI is InChI=1S/C14H21F2N3O2/c1-9(2)13(8-18(3)4)17-12-6-5-10(19(20)21)7-11(12)14(15)16/h5-7,9,13-14,17H,8H2,1-4H3. The quantitative estimate of drug-likeness (QED) is 0.618. The van der Waals surface area contributed by atoms with Crippen molar-refractivity contribution >= 4 is 11.4 Å². The van der Waals surface area contributed by atoms with Crippen LogP contribution in [0.4, 0.5) is 20.2 Å². The van der Waals surface area contributed by atoms with Gasteiger partial charge in [-0.2, -0.15) is 0 Å². The van der Waals surface area contributed by atoms with Crippen LogP contribution in [0.1, 0.15) is 25.8 Å². The lowest BCUT2D eigenvalue weighted by Gasteiger charge is -2.27. The van der Waals surface area contributed by atoms with Gasteiger partial charge in [0.2, 0.25) is 0 Å². The summed E-state index contributed by atoms with van der Waals surface area (Å²) in [6.07, 6.45) is -2.76. The van der Waals surface area contributed by atoms with Crippen molar-refractivity contribution < 1.29 is 13.7 Å². The topological polar surface area (TPSA) is 58.4 Å². The third kappa shape index (κ3) is 4.93. The molecule has 0 heterocycles. The molecule has 0 amide bonds. The number of halogens is 2. The summed E-state index contributed by atoms with van der Waals surface area (Å²) >= 11 is 0. The number of nitro benzene ring substituents is 1. The zero-order chi connectivity index (χ0) is 16.2. The van der Waals surface area contributed by atoms with Crippen LogP contribution in [0, 0.1) is 16.0 Å². The third-order valence-electron chi connectivity index (χ3n) is 3.19.